The van der Waals surface area contributed by atoms with Crippen LogP contribution in [-0.4, -0.2) is 19.1 Å². The number of benzene rings is 1. The third kappa shape index (κ3) is 3.91. The molecule has 0 fully saturated rings. The highest BCUT2D eigenvalue weighted by molar-refractivity contribution is 6.31. The third-order valence-electron chi connectivity index (χ3n) is 2.88. The molecule has 0 aliphatic rings. The minimum atomic E-state index is -0.347. The number of carbonyl (C=O) groups excluding carboxylic acids is 1. The van der Waals surface area contributed by atoms with Gasteiger partial charge in [-0.25, -0.2) is 4.79 Å². The second-order valence-corrected chi connectivity index (χ2v) is 4.66. The molecule has 4 heteroatoms. The van der Waals surface area contributed by atoms with Crippen LogP contribution in [0.3, 0.4) is 0 Å². The van der Waals surface area contributed by atoms with Crippen LogP contribution < -0.4 is 5.32 Å². The molecule has 0 aliphatic carbocycles. The molecule has 0 spiro atoms. The Hall–Kier alpha value is -1.22. The van der Waals surface area contributed by atoms with Crippen LogP contribution in [0.4, 0.5) is 5.69 Å². The zero-order valence-corrected chi connectivity index (χ0v) is 11.9. The second kappa shape index (κ2) is 7.27. The molecule has 1 atom stereocenters. The monoisotopic (exact) mass is 269 g/mol. The highest BCUT2D eigenvalue weighted by Gasteiger charge is 2.14. The van der Waals surface area contributed by atoms with Crippen molar-refractivity contribution in [3.05, 3.63) is 28.8 Å². The molecule has 1 aromatic rings. The number of anilines is 1. The number of hydrogen-bond acceptors (Lipinski definition) is 3. The topological polar surface area (TPSA) is 38.3 Å². The Bertz CT molecular complexity index is 407. The summed E-state index contributed by atoms with van der Waals surface area (Å²) in [6.07, 6.45) is 3.16. The lowest BCUT2D eigenvalue weighted by Crippen LogP contribution is -2.20. The van der Waals surface area contributed by atoms with E-state index < -0.39 is 0 Å². The van der Waals surface area contributed by atoms with Crippen molar-refractivity contribution in [3.8, 4) is 0 Å². The van der Waals surface area contributed by atoms with Crippen molar-refractivity contribution in [1.82, 2.24) is 0 Å². The van der Waals surface area contributed by atoms with Gasteiger partial charge in [0.05, 0.1) is 18.4 Å². The largest absolute Gasteiger partial charge is 0.465 e. The predicted molar refractivity (Wildman–Crippen MR) is 75.4 cm³/mol. The molecule has 0 bridgehead atoms. The first-order chi connectivity index (χ1) is 8.62. The van der Waals surface area contributed by atoms with E-state index in [1.165, 1.54) is 7.11 Å². The lowest BCUT2D eigenvalue weighted by Gasteiger charge is -2.19. The maximum atomic E-state index is 11.7. The van der Waals surface area contributed by atoms with Crippen LogP contribution in [0.25, 0.3) is 0 Å². The van der Waals surface area contributed by atoms with Gasteiger partial charge in [0.2, 0.25) is 0 Å². The normalized spacial score (nSPS) is 12.0. The van der Waals surface area contributed by atoms with E-state index in [0.717, 1.165) is 24.9 Å². The van der Waals surface area contributed by atoms with Gasteiger partial charge in [-0.1, -0.05) is 31.9 Å². The minimum absolute atomic E-state index is 0.344. The van der Waals surface area contributed by atoms with Gasteiger partial charge in [0.1, 0.15) is 0 Å². The highest BCUT2D eigenvalue weighted by atomic mass is 35.5. The number of nitrogens with one attached hydrogen (secondary N) is 1. The molecule has 0 aromatic heterocycles. The van der Waals surface area contributed by atoms with Gasteiger partial charge in [-0.15, -0.1) is 0 Å². The Morgan fingerprint density at radius 2 is 2.17 bits per heavy atom. The lowest BCUT2D eigenvalue weighted by molar-refractivity contribution is 0.0602. The summed E-state index contributed by atoms with van der Waals surface area (Å²) in [4.78, 5) is 11.7. The maximum Gasteiger partial charge on any atom is 0.339 e. The van der Waals surface area contributed by atoms with Gasteiger partial charge in [0, 0.05) is 11.1 Å². The molecule has 1 aromatic carbocycles. The van der Waals surface area contributed by atoms with Crippen molar-refractivity contribution >= 4 is 23.3 Å². The summed E-state index contributed by atoms with van der Waals surface area (Å²) in [5.41, 5.74) is 1.27. The highest BCUT2D eigenvalue weighted by Crippen LogP contribution is 2.23. The molecule has 1 unspecified atom stereocenters. The van der Waals surface area contributed by atoms with Crippen molar-refractivity contribution in [1.29, 1.82) is 0 Å². The molecule has 3 nitrogen and oxygen atoms in total. The summed E-state index contributed by atoms with van der Waals surface area (Å²) in [5, 5.41) is 3.98. The molecule has 0 saturated carbocycles. The van der Waals surface area contributed by atoms with Crippen LogP contribution >= 0.6 is 11.6 Å². The SMILES string of the molecule is CCCC(CC)Nc1cc(Cl)ccc1C(=O)OC. The van der Waals surface area contributed by atoms with Crippen LogP contribution in [0, 0.1) is 0 Å². The first-order valence-corrected chi connectivity index (χ1v) is 6.64. The lowest BCUT2D eigenvalue weighted by atomic mass is 10.1. The van der Waals surface area contributed by atoms with E-state index >= 15 is 0 Å². The van der Waals surface area contributed by atoms with Crippen molar-refractivity contribution in [2.75, 3.05) is 12.4 Å². The molecular weight excluding hydrogens is 250 g/mol. The summed E-state index contributed by atoms with van der Waals surface area (Å²) in [6, 6.07) is 5.50. The quantitative estimate of drug-likeness (QED) is 0.790. The van der Waals surface area contributed by atoms with Crippen molar-refractivity contribution in [2.45, 2.75) is 39.2 Å². The second-order valence-electron chi connectivity index (χ2n) is 4.22. The van der Waals surface area contributed by atoms with E-state index in [1.807, 2.05) is 0 Å². The number of carbonyl (C=O) groups is 1. The van der Waals surface area contributed by atoms with Crippen LogP contribution in [0.1, 0.15) is 43.5 Å². The molecule has 0 aliphatic heterocycles. The fraction of sp³-hybridized carbons (Fsp3) is 0.500. The fourth-order valence-corrected chi connectivity index (χ4v) is 2.04. The van der Waals surface area contributed by atoms with Crippen LogP contribution in [0.2, 0.25) is 5.02 Å². The number of hydrogen-bond donors (Lipinski definition) is 1. The van der Waals surface area contributed by atoms with Crippen LogP contribution in [-0.2, 0) is 4.74 Å². The number of esters is 1. The molecule has 0 saturated heterocycles. The summed E-state index contributed by atoms with van der Waals surface area (Å²) in [7, 11) is 1.38. The zero-order valence-electron chi connectivity index (χ0n) is 11.1. The summed E-state index contributed by atoms with van der Waals surface area (Å²) in [5.74, 6) is -0.347. The van der Waals surface area contributed by atoms with E-state index in [-0.39, 0.29) is 5.97 Å². The Morgan fingerprint density at radius 3 is 2.72 bits per heavy atom. The Morgan fingerprint density at radius 1 is 1.44 bits per heavy atom. The average Bonchev–Trinajstić information content (AvgIpc) is 2.37. The van der Waals surface area contributed by atoms with Gasteiger partial charge in [-0.2, -0.15) is 0 Å². The molecule has 1 N–H and O–H groups in total. The van der Waals surface area contributed by atoms with Crippen LogP contribution in [0.5, 0.6) is 0 Å². The number of ether oxygens (including phenoxy) is 1. The molecule has 0 radical (unpaired) electrons. The van der Waals surface area contributed by atoms with Crippen molar-refractivity contribution in [3.63, 3.8) is 0 Å². The van der Waals surface area contributed by atoms with Gasteiger partial charge >= 0.3 is 5.97 Å². The third-order valence-corrected chi connectivity index (χ3v) is 3.11. The van der Waals surface area contributed by atoms with E-state index in [4.69, 9.17) is 16.3 Å². The van der Waals surface area contributed by atoms with E-state index in [2.05, 4.69) is 19.2 Å². The Balaban J connectivity index is 2.97. The van der Waals surface area contributed by atoms with Crippen LogP contribution in [0.15, 0.2) is 18.2 Å². The number of methoxy groups -OCH3 is 1. The molecule has 18 heavy (non-hydrogen) atoms. The summed E-state index contributed by atoms with van der Waals surface area (Å²) < 4.78 is 4.77. The fourth-order valence-electron chi connectivity index (χ4n) is 1.87. The number of halogens is 1. The summed E-state index contributed by atoms with van der Waals surface area (Å²) >= 11 is 5.98. The first kappa shape index (κ1) is 14.8. The van der Waals surface area contributed by atoms with Crippen molar-refractivity contribution in [2.24, 2.45) is 0 Å². The Kier molecular flexibility index (Phi) is 5.99. The van der Waals surface area contributed by atoms with Gasteiger partial charge in [-0.05, 0) is 31.0 Å². The Labute approximate surface area is 113 Å². The van der Waals surface area contributed by atoms with E-state index in [1.54, 1.807) is 18.2 Å². The van der Waals surface area contributed by atoms with Gasteiger partial charge in [0.15, 0.2) is 0 Å². The maximum absolute atomic E-state index is 11.7. The molecule has 0 heterocycles. The predicted octanol–water partition coefficient (Wildman–Crippen LogP) is 4.12. The molecule has 0 amide bonds. The van der Waals surface area contributed by atoms with Crippen molar-refractivity contribution < 1.29 is 9.53 Å². The number of rotatable bonds is 6. The minimum Gasteiger partial charge on any atom is -0.465 e. The smallest absolute Gasteiger partial charge is 0.339 e. The van der Waals surface area contributed by atoms with Gasteiger partial charge in [-0.3, -0.25) is 0 Å². The molecule has 1 rings (SSSR count). The van der Waals surface area contributed by atoms with Gasteiger partial charge in [0.25, 0.3) is 0 Å². The zero-order chi connectivity index (χ0) is 13.5. The average molecular weight is 270 g/mol. The first-order valence-electron chi connectivity index (χ1n) is 6.26. The molecular formula is C14H20ClNO2. The molecule has 100 valence electrons. The van der Waals surface area contributed by atoms with E-state index in [0.29, 0.717) is 16.6 Å². The summed E-state index contributed by atoms with van der Waals surface area (Å²) in [6.45, 7) is 4.26. The van der Waals surface area contributed by atoms with E-state index in [9.17, 15) is 4.79 Å². The van der Waals surface area contributed by atoms with Gasteiger partial charge < -0.3 is 10.1 Å². The standard InChI is InChI=1S/C14H20ClNO2/c1-4-6-11(5-2)16-13-9-10(15)7-8-12(13)14(17)18-3/h7-9,11,16H,4-6H2,1-3H3.